The highest BCUT2D eigenvalue weighted by Crippen LogP contribution is 2.36. The smallest absolute Gasteiger partial charge is 0.416 e. The van der Waals surface area contributed by atoms with Crippen molar-refractivity contribution >= 4 is 12.1 Å². The van der Waals surface area contributed by atoms with Crippen molar-refractivity contribution < 1.29 is 49.8 Å². The highest BCUT2D eigenvalue weighted by molar-refractivity contribution is 5.75. The van der Waals surface area contributed by atoms with E-state index in [4.69, 9.17) is 4.74 Å². The first-order valence-corrected chi connectivity index (χ1v) is 11.3. The van der Waals surface area contributed by atoms with E-state index in [9.17, 15) is 40.3 Å². The lowest BCUT2D eigenvalue weighted by Crippen LogP contribution is -2.39. The molecule has 0 aliphatic carbocycles. The van der Waals surface area contributed by atoms with Gasteiger partial charge < -0.3 is 9.47 Å². The Morgan fingerprint density at radius 1 is 0.846 bits per heavy atom. The largest absolute Gasteiger partial charge is 0.469 e. The number of hydrogen-bond acceptors (Lipinski definition) is 4. The molecule has 0 aromatic heterocycles. The van der Waals surface area contributed by atoms with Crippen LogP contribution in [-0.2, 0) is 40.0 Å². The lowest BCUT2D eigenvalue weighted by molar-refractivity contribution is -0.144. The molecule has 0 N–H and O–H groups in total. The average Bonchev–Trinajstić information content (AvgIpc) is 2.87. The van der Waals surface area contributed by atoms with Gasteiger partial charge in [-0.05, 0) is 46.5 Å². The predicted octanol–water partition coefficient (Wildman–Crippen LogP) is 6.93. The van der Waals surface area contributed by atoms with Crippen LogP contribution in [-0.4, -0.2) is 36.8 Å². The van der Waals surface area contributed by atoms with E-state index in [1.165, 1.54) is 12.1 Å². The van der Waals surface area contributed by atoms with Gasteiger partial charge in [0.25, 0.3) is 0 Å². The van der Waals surface area contributed by atoms with Crippen molar-refractivity contribution in [3.63, 3.8) is 0 Å². The third-order valence-electron chi connectivity index (χ3n) is 5.52. The monoisotopic (exact) mass is 557 g/mol. The van der Waals surface area contributed by atoms with Crippen molar-refractivity contribution in [2.45, 2.75) is 31.9 Å². The fraction of sp³-hybridized carbons (Fsp3) is 0.259. The number of rotatable bonds is 8. The first kappa shape index (κ1) is 29.5. The summed E-state index contributed by atoms with van der Waals surface area (Å²) in [5.74, 6) is -1.57. The molecule has 1 amide bonds. The van der Waals surface area contributed by atoms with Crippen molar-refractivity contribution in [3.05, 3.63) is 94.8 Å². The number of amides is 1. The zero-order chi connectivity index (χ0) is 28.8. The van der Waals surface area contributed by atoms with Crippen LogP contribution in [0.25, 0.3) is 11.1 Å². The molecule has 0 fully saturated rings. The number of esters is 1. The van der Waals surface area contributed by atoms with Gasteiger partial charge in [0.05, 0.1) is 25.6 Å². The Hall–Kier alpha value is -4.09. The second-order valence-electron chi connectivity index (χ2n) is 8.45. The normalized spacial score (nSPS) is 11.7. The minimum Gasteiger partial charge on any atom is -0.469 e. The zero-order valence-corrected chi connectivity index (χ0v) is 20.4. The van der Waals surface area contributed by atoms with E-state index in [-0.39, 0.29) is 34.6 Å². The zero-order valence-electron chi connectivity index (χ0n) is 20.4. The van der Waals surface area contributed by atoms with Gasteiger partial charge in [0, 0.05) is 5.56 Å². The van der Waals surface area contributed by atoms with Gasteiger partial charge in [-0.1, -0.05) is 42.5 Å². The fourth-order valence-corrected chi connectivity index (χ4v) is 3.71. The van der Waals surface area contributed by atoms with Crippen LogP contribution in [0.1, 0.15) is 22.3 Å². The van der Waals surface area contributed by atoms with Gasteiger partial charge in [-0.25, -0.2) is 9.18 Å². The van der Waals surface area contributed by atoms with Gasteiger partial charge in [0.2, 0.25) is 0 Å². The number of nitrogens with zero attached hydrogens (tertiary/aromatic N) is 1. The number of alkyl halides is 6. The SMILES string of the molecule is COC(=O)Cc1ccc(F)c(-c2ccc(C(F)(F)F)cc2CN(CC(F)(F)F)C(=O)OCc2ccccc2)c1. The fourth-order valence-electron chi connectivity index (χ4n) is 3.71. The van der Waals surface area contributed by atoms with Crippen LogP contribution in [0.5, 0.6) is 0 Å². The Morgan fingerprint density at radius 3 is 2.15 bits per heavy atom. The number of halogens is 7. The van der Waals surface area contributed by atoms with Crippen LogP contribution < -0.4 is 0 Å². The second kappa shape index (κ2) is 12.2. The lowest BCUT2D eigenvalue weighted by atomic mass is 9.94. The molecule has 0 saturated heterocycles. The number of benzene rings is 3. The van der Waals surface area contributed by atoms with Gasteiger partial charge >= 0.3 is 24.4 Å². The Balaban J connectivity index is 2.03. The van der Waals surface area contributed by atoms with E-state index in [0.717, 1.165) is 19.2 Å². The summed E-state index contributed by atoms with van der Waals surface area (Å²) in [5.41, 5.74) is -1.38. The molecule has 3 aromatic rings. The van der Waals surface area contributed by atoms with Crippen molar-refractivity contribution in [2.24, 2.45) is 0 Å². The summed E-state index contributed by atoms with van der Waals surface area (Å²) in [4.78, 5) is 24.5. The third kappa shape index (κ3) is 8.45. The lowest BCUT2D eigenvalue weighted by Gasteiger charge is -2.25. The molecule has 0 bridgehead atoms. The molecule has 5 nitrogen and oxygen atoms in total. The van der Waals surface area contributed by atoms with Crippen molar-refractivity contribution in [2.75, 3.05) is 13.7 Å². The van der Waals surface area contributed by atoms with Crippen molar-refractivity contribution in [3.8, 4) is 11.1 Å². The topological polar surface area (TPSA) is 55.8 Å². The second-order valence-corrected chi connectivity index (χ2v) is 8.45. The van der Waals surface area contributed by atoms with E-state index in [0.29, 0.717) is 17.7 Å². The summed E-state index contributed by atoms with van der Waals surface area (Å²) in [7, 11) is 1.13. The van der Waals surface area contributed by atoms with Crippen molar-refractivity contribution in [1.29, 1.82) is 0 Å². The highest BCUT2D eigenvalue weighted by atomic mass is 19.4. The molecule has 0 unspecified atom stereocenters. The Labute approximate surface area is 218 Å². The summed E-state index contributed by atoms with van der Waals surface area (Å²) in [6, 6.07) is 13.6. The molecule has 0 atom stereocenters. The van der Waals surface area contributed by atoms with Gasteiger partial charge in [0.1, 0.15) is 19.0 Å². The summed E-state index contributed by atoms with van der Waals surface area (Å²) >= 11 is 0. The number of ether oxygens (including phenoxy) is 2. The first-order chi connectivity index (χ1) is 18.3. The van der Waals surface area contributed by atoms with Gasteiger partial charge in [-0.3, -0.25) is 9.69 Å². The molecular weight excluding hydrogens is 535 g/mol. The van der Waals surface area contributed by atoms with Crippen LogP contribution in [0.3, 0.4) is 0 Å². The molecule has 3 aromatic carbocycles. The van der Waals surface area contributed by atoms with E-state index >= 15 is 0 Å². The minimum absolute atomic E-state index is 0.193. The number of carbonyl (C=O) groups excluding carboxylic acids is 2. The number of hydrogen-bond donors (Lipinski definition) is 0. The van der Waals surface area contributed by atoms with E-state index < -0.39 is 54.4 Å². The summed E-state index contributed by atoms with van der Waals surface area (Å²) < 4.78 is 105. The van der Waals surface area contributed by atoms with E-state index in [1.807, 2.05) is 0 Å². The molecule has 0 radical (unpaired) electrons. The highest BCUT2D eigenvalue weighted by Gasteiger charge is 2.36. The quantitative estimate of drug-likeness (QED) is 0.223. The van der Waals surface area contributed by atoms with E-state index in [2.05, 4.69) is 4.74 Å². The summed E-state index contributed by atoms with van der Waals surface area (Å²) in [6.07, 6.45) is -11.5. The summed E-state index contributed by atoms with van der Waals surface area (Å²) in [5, 5.41) is 0. The van der Waals surface area contributed by atoms with Crippen LogP contribution in [0.15, 0.2) is 66.7 Å². The molecule has 0 aliphatic heterocycles. The third-order valence-corrected chi connectivity index (χ3v) is 5.52. The van der Waals surface area contributed by atoms with Crippen LogP contribution in [0.2, 0.25) is 0 Å². The van der Waals surface area contributed by atoms with E-state index in [1.54, 1.807) is 30.3 Å². The van der Waals surface area contributed by atoms with Crippen LogP contribution in [0.4, 0.5) is 35.5 Å². The predicted molar refractivity (Wildman–Crippen MR) is 126 cm³/mol. The molecule has 39 heavy (non-hydrogen) atoms. The average molecular weight is 557 g/mol. The molecule has 0 heterocycles. The maximum atomic E-state index is 14.8. The van der Waals surface area contributed by atoms with Crippen LogP contribution >= 0.6 is 0 Å². The van der Waals surface area contributed by atoms with Crippen LogP contribution in [0, 0.1) is 5.82 Å². The van der Waals surface area contributed by atoms with Gasteiger partial charge in [-0.2, -0.15) is 26.3 Å². The number of methoxy groups -OCH3 is 1. The molecule has 3 rings (SSSR count). The minimum atomic E-state index is -4.92. The van der Waals surface area contributed by atoms with Gasteiger partial charge in [-0.15, -0.1) is 0 Å². The molecular formula is C27H22F7NO4. The maximum absolute atomic E-state index is 14.8. The molecule has 208 valence electrons. The molecule has 12 heteroatoms. The molecule has 0 spiro atoms. The van der Waals surface area contributed by atoms with Crippen molar-refractivity contribution in [1.82, 2.24) is 4.90 Å². The Morgan fingerprint density at radius 2 is 1.54 bits per heavy atom. The van der Waals surface area contributed by atoms with Gasteiger partial charge in [0.15, 0.2) is 0 Å². The summed E-state index contributed by atoms with van der Waals surface area (Å²) in [6.45, 7) is -3.19. The molecule has 0 aliphatic rings. The molecule has 0 saturated carbocycles. The standard InChI is InChI=1S/C27H22F7NO4/c1-38-24(36)12-18-7-10-23(28)22(11-18)21-9-8-20(27(32,33)34)13-19(21)14-35(16-26(29,30)31)25(37)39-15-17-5-3-2-4-6-17/h2-11,13H,12,14-16H2,1H3. The Bertz CT molecular complexity index is 1310. The first-order valence-electron chi connectivity index (χ1n) is 11.3. The Kier molecular flexibility index (Phi) is 9.20. The number of carbonyl (C=O) groups is 2. The maximum Gasteiger partial charge on any atom is 0.416 e.